The molecule has 0 heterocycles. The third kappa shape index (κ3) is 6.17. The number of carbonyl (C=O) groups excluding carboxylic acids is 1. The highest BCUT2D eigenvalue weighted by molar-refractivity contribution is 7.89. The number of nitrogens with one attached hydrogen (secondary N) is 2. The standard InChI is InChI=1S/C22H26N2O4S/c1-3-28-20-6-4-5-18(15-20)16(2)23-22(25)14-9-17-7-12-21(13-8-17)29(26,27)24-19-10-11-19/h4-9,12-16,19,24H,3,10-11H2,1-2H3,(H,23,25)/b14-9+. The normalized spacial score (nSPS) is 15.2. The third-order valence-electron chi connectivity index (χ3n) is 4.54. The fraction of sp³-hybridized carbons (Fsp3) is 0.318. The van der Waals surface area contributed by atoms with E-state index in [4.69, 9.17) is 4.74 Å². The highest BCUT2D eigenvalue weighted by Crippen LogP contribution is 2.22. The summed E-state index contributed by atoms with van der Waals surface area (Å²) in [5, 5.41) is 2.91. The van der Waals surface area contributed by atoms with Gasteiger partial charge in [-0.3, -0.25) is 4.79 Å². The van der Waals surface area contributed by atoms with Crippen molar-refractivity contribution in [3.8, 4) is 5.75 Å². The molecule has 2 N–H and O–H groups in total. The molecule has 1 fully saturated rings. The molecule has 0 radical (unpaired) electrons. The van der Waals surface area contributed by atoms with E-state index < -0.39 is 10.0 Å². The van der Waals surface area contributed by atoms with Crippen molar-refractivity contribution in [3.05, 3.63) is 65.7 Å². The monoisotopic (exact) mass is 414 g/mol. The maximum absolute atomic E-state index is 12.2. The molecule has 154 valence electrons. The lowest BCUT2D eigenvalue weighted by Gasteiger charge is -2.14. The number of carbonyl (C=O) groups is 1. The highest BCUT2D eigenvalue weighted by atomic mass is 32.2. The lowest BCUT2D eigenvalue weighted by molar-refractivity contribution is -0.117. The topological polar surface area (TPSA) is 84.5 Å². The number of rotatable bonds is 9. The molecular weight excluding hydrogens is 388 g/mol. The summed E-state index contributed by atoms with van der Waals surface area (Å²) in [6, 6.07) is 14.0. The van der Waals surface area contributed by atoms with Crippen molar-refractivity contribution in [3.63, 3.8) is 0 Å². The quantitative estimate of drug-likeness (QED) is 0.616. The van der Waals surface area contributed by atoms with Gasteiger partial charge in [-0.05, 0) is 68.2 Å². The van der Waals surface area contributed by atoms with Crippen molar-refractivity contribution in [1.29, 1.82) is 0 Å². The second-order valence-corrected chi connectivity index (χ2v) is 8.75. The summed E-state index contributed by atoms with van der Waals surface area (Å²) in [5.41, 5.74) is 1.70. The van der Waals surface area contributed by atoms with Crippen LogP contribution in [0.3, 0.4) is 0 Å². The van der Waals surface area contributed by atoms with E-state index in [1.54, 1.807) is 30.3 Å². The van der Waals surface area contributed by atoms with Crippen LogP contribution in [0, 0.1) is 0 Å². The Labute approximate surface area is 172 Å². The van der Waals surface area contributed by atoms with E-state index in [1.165, 1.54) is 6.08 Å². The Bertz CT molecular complexity index is 980. The van der Waals surface area contributed by atoms with Crippen LogP contribution < -0.4 is 14.8 Å². The van der Waals surface area contributed by atoms with Gasteiger partial charge in [-0.1, -0.05) is 24.3 Å². The first-order valence-corrected chi connectivity index (χ1v) is 11.2. The minimum Gasteiger partial charge on any atom is -0.494 e. The van der Waals surface area contributed by atoms with E-state index in [9.17, 15) is 13.2 Å². The van der Waals surface area contributed by atoms with Gasteiger partial charge in [0.15, 0.2) is 0 Å². The molecule has 1 unspecified atom stereocenters. The zero-order valence-electron chi connectivity index (χ0n) is 16.6. The molecule has 0 spiro atoms. The second kappa shape index (κ2) is 9.24. The Morgan fingerprint density at radius 2 is 1.93 bits per heavy atom. The Morgan fingerprint density at radius 3 is 2.59 bits per heavy atom. The van der Waals surface area contributed by atoms with Gasteiger partial charge in [0, 0.05) is 12.1 Å². The molecule has 1 amide bonds. The summed E-state index contributed by atoms with van der Waals surface area (Å²) in [4.78, 5) is 12.5. The van der Waals surface area contributed by atoms with Crippen LogP contribution in [0.2, 0.25) is 0 Å². The van der Waals surface area contributed by atoms with E-state index in [1.807, 2.05) is 38.1 Å². The largest absolute Gasteiger partial charge is 0.494 e. The number of hydrogen-bond donors (Lipinski definition) is 2. The highest BCUT2D eigenvalue weighted by Gasteiger charge is 2.27. The number of hydrogen-bond acceptors (Lipinski definition) is 4. The van der Waals surface area contributed by atoms with Crippen LogP contribution in [0.5, 0.6) is 5.75 Å². The van der Waals surface area contributed by atoms with Gasteiger partial charge in [-0.25, -0.2) is 13.1 Å². The summed E-state index contributed by atoms with van der Waals surface area (Å²) in [6.07, 6.45) is 4.88. The van der Waals surface area contributed by atoms with E-state index in [0.717, 1.165) is 29.7 Å². The van der Waals surface area contributed by atoms with Crippen molar-refractivity contribution in [1.82, 2.24) is 10.0 Å². The van der Waals surface area contributed by atoms with Gasteiger partial charge in [0.1, 0.15) is 5.75 Å². The van der Waals surface area contributed by atoms with Crippen LogP contribution in [0.1, 0.15) is 43.9 Å². The van der Waals surface area contributed by atoms with Gasteiger partial charge in [0.05, 0.1) is 17.5 Å². The van der Waals surface area contributed by atoms with Crippen LogP contribution >= 0.6 is 0 Å². The van der Waals surface area contributed by atoms with Crippen LogP contribution in [0.15, 0.2) is 59.5 Å². The van der Waals surface area contributed by atoms with Gasteiger partial charge in [0.25, 0.3) is 0 Å². The minimum absolute atomic E-state index is 0.0690. The average molecular weight is 415 g/mol. The number of sulfonamides is 1. The SMILES string of the molecule is CCOc1cccc(C(C)NC(=O)/C=C/c2ccc(S(=O)(=O)NC3CC3)cc2)c1. The first-order valence-electron chi connectivity index (χ1n) is 9.71. The Kier molecular flexibility index (Phi) is 6.71. The van der Waals surface area contributed by atoms with Crippen LogP contribution in [0.25, 0.3) is 6.08 Å². The molecule has 2 aromatic carbocycles. The van der Waals surface area contributed by atoms with Gasteiger partial charge < -0.3 is 10.1 Å². The van der Waals surface area contributed by atoms with Crippen molar-refractivity contribution in [2.75, 3.05) is 6.61 Å². The molecule has 7 heteroatoms. The zero-order chi connectivity index (χ0) is 20.9. The van der Waals surface area contributed by atoms with Crippen molar-refractivity contribution in [2.24, 2.45) is 0 Å². The third-order valence-corrected chi connectivity index (χ3v) is 6.08. The number of benzene rings is 2. The van der Waals surface area contributed by atoms with Crippen LogP contribution in [-0.2, 0) is 14.8 Å². The van der Waals surface area contributed by atoms with Crippen molar-refractivity contribution >= 4 is 22.0 Å². The van der Waals surface area contributed by atoms with Crippen LogP contribution in [-0.4, -0.2) is 27.0 Å². The zero-order valence-corrected chi connectivity index (χ0v) is 17.4. The van der Waals surface area contributed by atoms with Crippen molar-refractivity contribution in [2.45, 2.75) is 43.7 Å². The van der Waals surface area contributed by atoms with E-state index in [2.05, 4.69) is 10.0 Å². The number of amides is 1. The van der Waals surface area contributed by atoms with Gasteiger partial charge >= 0.3 is 0 Å². The molecule has 2 aromatic rings. The Hall–Kier alpha value is -2.64. The lowest BCUT2D eigenvalue weighted by atomic mass is 10.1. The summed E-state index contributed by atoms with van der Waals surface area (Å²) in [7, 11) is -3.46. The molecule has 0 saturated heterocycles. The van der Waals surface area contributed by atoms with Crippen molar-refractivity contribution < 1.29 is 17.9 Å². The molecular formula is C22H26N2O4S. The molecule has 1 aliphatic rings. The molecule has 0 aromatic heterocycles. The molecule has 1 aliphatic carbocycles. The maximum atomic E-state index is 12.2. The van der Waals surface area contributed by atoms with Gasteiger partial charge in [0.2, 0.25) is 15.9 Å². The lowest BCUT2D eigenvalue weighted by Crippen LogP contribution is -2.25. The fourth-order valence-corrected chi connectivity index (χ4v) is 4.11. The maximum Gasteiger partial charge on any atom is 0.244 e. The molecule has 6 nitrogen and oxygen atoms in total. The molecule has 1 atom stereocenters. The molecule has 3 rings (SSSR count). The van der Waals surface area contributed by atoms with Gasteiger partial charge in [-0.15, -0.1) is 0 Å². The molecule has 0 aliphatic heterocycles. The molecule has 1 saturated carbocycles. The first kappa shape index (κ1) is 21.1. The summed E-state index contributed by atoms with van der Waals surface area (Å²) in [5.74, 6) is 0.541. The summed E-state index contributed by atoms with van der Waals surface area (Å²) >= 11 is 0. The summed E-state index contributed by atoms with van der Waals surface area (Å²) in [6.45, 7) is 4.42. The van der Waals surface area contributed by atoms with Crippen LogP contribution in [0.4, 0.5) is 0 Å². The van der Waals surface area contributed by atoms with E-state index in [-0.39, 0.29) is 22.9 Å². The minimum atomic E-state index is -3.46. The van der Waals surface area contributed by atoms with E-state index in [0.29, 0.717) is 6.61 Å². The van der Waals surface area contributed by atoms with Gasteiger partial charge in [-0.2, -0.15) is 0 Å². The molecule has 29 heavy (non-hydrogen) atoms. The molecule has 0 bridgehead atoms. The predicted molar refractivity (Wildman–Crippen MR) is 113 cm³/mol. The number of ether oxygens (including phenoxy) is 1. The average Bonchev–Trinajstić information content (AvgIpc) is 3.50. The predicted octanol–water partition coefficient (Wildman–Crippen LogP) is 3.42. The fourth-order valence-electron chi connectivity index (χ4n) is 2.80. The smallest absolute Gasteiger partial charge is 0.244 e. The summed E-state index contributed by atoms with van der Waals surface area (Å²) < 4.78 is 32.5. The first-order chi connectivity index (χ1) is 13.9. The Balaban J connectivity index is 1.58. The second-order valence-electron chi connectivity index (χ2n) is 7.03. The van der Waals surface area contributed by atoms with E-state index >= 15 is 0 Å². The Morgan fingerprint density at radius 1 is 1.21 bits per heavy atom.